The molecule has 2 atom stereocenters. The normalized spacial score (nSPS) is 23.3. The van der Waals surface area contributed by atoms with E-state index in [4.69, 9.17) is 0 Å². The Hall–Kier alpha value is -0.0500. The van der Waals surface area contributed by atoms with Crippen molar-refractivity contribution in [3.63, 3.8) is 0 Å². The van der Waals surface area contributed by atoms with Gasteiger partial charge in [-0.3, -0.25) is 4.79 Å². The highest BCUT2D eigenvalue weighted by molar-refractivity contribution is 9.09. The Morgan fingerprint density at radius 2 is 1.89 bits per heavy atom. The number of carbonyl (C=O) groups is 1. The van der Waals surface area contributed by atoms with Crippen LogP contribution in [0.1, 0.15) is 77.6 Å². The van der Waals surface area contributed by atoms with Gasteiger partial charge in [0.05, 0.1) is 0 Å². The maximum atomic E-state index is 11.7. The lowest BCUT2D eigenvalue weighted by Crippen LogP contribution is -2.31. The predicted octanol–water partition coefficient (Wildman–Crippen LogP) is 4.81. The molecule has 0 aromatic rings. The van der Waals surface area contributed by atoms with Gasteiger partial charge in [0.25, 0.3) is 0 Å². The maximum Gasteiger partial charge on any atom is 0.220 e. The first-order valence-corrected chi connectivity index (χ1v) is 9.04. The molecule has 0 spiro atoms. The van der Waals surface area contributed by atoms with E-state index in [1.165, 1.54) is 57.8 Å². The Bertz CT molecular complexity index is 245. The second kappa shape index (κ2) is 10.7. The number of halogens is 1. The topological polar surface area (TPSA) is 29.1 Å². The minimum absolute atomic E-state index is 0.257. The van der Waals surface area contributed by atoms with Gasteiger partial charge < -0.3 is 5.32 Å². The van der Waals surface area contributed by atoms with E-state index >= 15 is 0 Å². The zero-order chi connectivity index (χ0) is 13.9. The third-order valence-electron chi connectivity index (χ3n) is 4.06. The lowest BCUT2D eigenvalue weighted by Gasteiger charge is -2.25. The van der Waals surface area contributed by atoms with Crippen molar-refractivity contribution in [2.45, 2.75) is 82.4 Å². The second-order valence-electron chi connectivity index (χ2n) is 5.95. The van der Waals surface area contributed by atoms with E-state index in [1.54, 1.807) is 0 Å². The van der Waals surface area contributed by atoms with Crippen molar-refractivity contribution in [1.29, 1.82) is 0 Å². The highest BCUT2D eigenvalue weighted by Crippen LogP contribution is 2.28. The molecule has 1 fully saturated rings. The maximum absolute atomic E-state index is 11.7. The summed E-state index contributed by atoms with van der Waals surface area (Å²) in [6.07, 6.45) is 13.3. The van der Waals surface area contributed by atoms with Crippen LogP contribution in [0.4, 0.5) is 0 Å². The summed E-state index contributed by atoms with van der Waals surface area (Å²) < 4.78 is 0. The molecule has 0 radical (unpaired) electrons. The van der Waals surface area contributed by atoms with Gasteiger partial charge in [0.2, 0.25) is 5.91 Å². The number of hydrogen-bond donors (Lipinski definition) is 1. The van der Waals surface area contributed by atoms with E-state index in [1.807, 2.05) is 0 Å². The summed E-state index contributed by atoms with van der Waals surface area (Å²) in [7, 11) is 0. The Kier molecular flexibility index (Phi) is 9.58. The fourth-order valence-corrected chi connectivity index (χ4v) is 3.68. The Balaban J connectivity index is 1.95. The van der Waals surface area contributed by atoms with E-state index in [0.717, 1.165) is 19.4 Å². The molecule has 0 bridgehead atoms. The van der Waals surface area contributed by atoms with Crippen molar-refractivity contribution < 1.29 is 4.79 Å². The van der Waals surface area contributed by atoms with Gasteiger partial charge in [-0.05, 0) is 31.6 Å². The number of alkyl halides is 1. The molecule has 0 aromatic carbocycles. The molecular weight excluding hydrogens is 302 g/mol. The number of nitrogens with one attached hydrogen (secondary N) is 1. The summed E-state index contributed by atoms with van der Waals surface area (Å²) in [6, 6.07) is 0. The molecule has 0 aliphatic heterocycles. The highest BCUT2D eigenvalue weighted by Gasteiger charge is 2.20. The van der Waals surface area contributed by atoms with Crippen molar-refractivity contribution in [2.24, 2.45) is 5.92 Å². The van der Waals surface area contributed by atoms with Crippen LogP contribution in [0.3, 0.4) is 0 Å². The smallest absolute Gasteiger partial charge is 0.220 e. The lowest BCUT2D eigenvalue weighted by atomic mass is 9.89. The molecule has 1 amide bonds. The van der Waals surface area contributed by atoms with Gasteiger partial charge in [-0.2, -0.15) is 0 Å². The zero-order valence-corrected chi connectivity index (χ0v) is 14.0. The Labute approximate surface area is 127 Å². The Morgan fingerprint density at radius 1 is 1.16 bits per heavy atom. The van der Waals surface area contributed by atoms with E-state index in [0.29, 0.717) is 10.7 Å². The van der Waals surface area contributed by atoms with E-state index in [-0.39, 0.29) is 5.91 Å². The fourth-order valence-electron chi connectivity index (χ4n) is 2.82. The molecule has 1 saturated carbocycles. The molecule has 1 rings (SSSR count). The average molecular weight is 332 g/mol. The molecule has 2 unspecified atom stereocenters. The van der Waals surface area contributed by atoms with E-state index in [9.17, 15) is 4.79 Å². The summed E-state index contributed by atoms with van der Waals surface area (Å²) in [5.41, 5.74) is 0. The van der Waals surface area contributed by atoms with Crippen molar-refractivity contribution >= 4 is 21.8 Å². The average Bonchev–Trinajstić information content (AvgIpc) is 2.40. The van der Waals surface area contributed by atoms with Crippen LogP contribution in [0.5, 0.6) is 0 Å². The summed E-state index contributed by atoms with van der Waals surface area (Å²) in [6.45, 7) is 3.12. The van der Waals surface area contributed by atoms with Gasteiger partial charge in [0.1, 0.15) is 0 Å². The molecule has 19 heavy (non-hydrogen) atoms. The summed E-state index contributed by atoms with van der Waals surface area (Å²) in [5, 5.41) is 3.12. The minimum Gasteiger partial charge on any atom is -0.356 e. The number of hydrogen-bond acceptors (Lipinski definition) is 1. The molecular formula is C16H30BrNO. The van der Waals surface area contributed by atoms with Crippen molar-refractivity contribution in [3.05, 3.63) is 0 Å². The van der Waals surface area contributed by atoms with Crippen molar-refractivity contribution in [1.82, 2.24) is 5.32 Å². The first-order valence-electron chi connectivity index (χ1n) is 8.13. The first-order chi connectivity index (χ1) is 9.22. The van der Waals surface area contributed by atoms with Crippen LogP contribution in [0, 0.1) is 5.92 Å². The quantitative estimate of drug-likeness (QED) is 0.476. The fraction of sp³-hybridized carbons (Fsp3) is 0.938. The molecule has 0 heterocycles. The van der Waals surface area contributed by atoms with Crippen LogP contribution in [-0.2, 0) is 4.79 Å². The third-order valence-corrected chi connectivity index (χ3v) is 4.90. The molecule has 0 aromatic heterocycles. The van der Waals surface area contributed by atoms with Crippen LogP contribution in [0.2, 0.25) is 0 Å². The van der Waals surface area contributed by atoms with Crippen LogP contribution >= 0.6 is 15.9 Å². The molecule has 1 N–H and O–H groups in total. The van der Waals surface area contributed by atoms with E-state index < -0.39 is 0 Å². The highest BCUT2D eigenvalue weighted by atomic mass is 79.9. The first kappa shape index (κ1) is 17.0. The molecule has 1 aliphatic rings. The summed E-state index contributed by atoms with van der Waals surface area (Å²) >= 11 is 3.69. The largest absolute Gasteiger partial charge is 0.356 e. The van der Waals surface area contributed by atoms with Crippen molar-refractivity contribution in [2.75, 3.05) is 6.54 Å². The van der Waals surface area contributed by atoms with Gasteiger partial charge >= 0.3 is 0 Å². The number of unbranched alkanes of at least 4 members (excludes halogenated alkanes) is 5. The molecule has 112 valence electrons. The summed E-state index contributed by atoms with van der Waals surface area (Å²) in [5.74, 6) is 0.943. The van der Waals surface area contributed by atoms with Gasteiger partial charge in [-0.25, -0.2) is 0 Å². The monoisotopic (exact) mass is 331 g/mol. The number of rotatable bonds is 9. The van der Waals surface area contributed by atoms with Crippen LogP contribution in [0.15, 0.2) is 0 Å². The van der Waals surface area contributed by atoms with Gasteiger partial charge in [0.15, 0.2) is 0 Å². The van der Waals surface area contributed by atoms with Crippen LogP contribution < -0.4 is 5.32 Å². The van der Waals surface area contributed by atoms with Crippen LogP contribution in [0.25, 0.3) is 0 Å². The van der Waals surface area contributed by atoms with Crippen molar-refractivity contribution in [3.8, 4) is 0 Å². The van der Waals surface area contributed by atoms with Gasteiger partial charge in [-0.15, -0.1) is 0 Å². The summed E-state index contributed by atoms with van der Waals surface area (Å²) in [4.78, 5) is 12.4. The molecule has 1 aliphatic carbocycles. The van der Waals surface area contributed by atoms with E-state index in [2.05, 4.69) is 28.2 Å². The van der Waals surface area contributed by atoms with Gasteiger partial charge in [-0.1, -0.05) is 61.4 Å². The zero-order valence-electron chi connectivity index (χ0n) is 12.4. The number of carbonyl (C=O) groups excluding carboxylic acids is 1. The lowest BCUT2D eigenvalue weighted by molar-refractivity contribution is -0.121. The molecule has 3 heteroatoms. The minimum atomic E-state index is 0.257. The molecule has 2 nitrogen and oxygen atoms in total. The third kappa shape index (κ3) is 8.67. The standard InChI is InChI=1S/C16H30BrNO/c1-2-3-4-5-6-7-11-16(19)18-13-14-9-8-10-15(17)12-14/h14-15H,2-13H2,1H3,(H,18,19). The predicted molar refractivity (Wildman–Crippen MR) is 85.7 cm³/mol. The second-order valence-corrected chi connectivity index (χ2v) is 7.25. The Morgan fingerprint density at radius 3 is 2.63 bits per heavy atom. The SMILES string of the molecule is CCCCCCCCC(=O)NCC1CCCC(Br)C1. The molecule has 0 saturated heterocycles. The van der Waals surface area contributed by atoms with Crippen LogP contribution in [-0.4, -0.2) is 17.3 Å². The number of amides is 1. The van der Waals surface area contributed by atoms with Gasteiger partial charge in [0, 0.05) is 17.8 Å².